The molecule has 1 aromatic carbocycles. The van der Waals surface area contributed by atoms with Crippen LogP contribution >= 0.6 is 0 Å². The Hall–Kier alpha value is -3.20. The number of nitrogens with one attached hydrogen (secondary N) is 2. The molecule has 28 heavy (non-hydrogen) atoms. The zero-order valence-electron chi connectivity index (χ0n) is 16.4. The van der Waals surface area contributed by atoms with Crippen molar-refractivity contribution in [2.75, 3.05) is 7.11 Å². The maximum absolute atomic E-state index is 12.8. The zero-order chi connectivity index (χ0) is 21.0. The number of hydrogen-bond donors (Lipinski definition) is 2. The van der Waals surface area contributed by atoms with Gasteiger partial charge in [-0.3, -0.25) is 19.7 Å². The number of nitro benzene ring substituents is 1. The number of methoxy groups -OCH3 is 1. The number of non-ortho nitro benzene ring substituents is 1. The van der Waals surface area contributed by atoms with Crippen LogP contribution in [-0.4, -0.2) is 30.0 Å². The minimum atomic E-state index is -0.857. The number of hydrogen-bond acceptors (Lipinski definition) is 7. The van der Waals surface area contributed by atoms with Gasteiger partial charge in [0, 0.05) is 23.5 Å². The number of benzene rings is 1. The maximum Gasteiger partial charge on any atom is 0.336 e. The van der Waals surface area contributed by atoms with Crippen molar-refractivity contribution in [1.82, 2.24) is 10.8 Å². The molecule has 1 amide bonds. The summed E-state index contributed by atoms with van der Waals surface area (Å²) in [6.45, 7) is 6.87. The fourth-order valence-corrected chi connectivity index (χ4v) is 3.05. The van der Waals surface area contributed by atoms with Crippen molar-refractivity contribution in [3.63, 3.8) is 0 Å². The average Bonchev–Trinajstić information content (AvgIpc) is 2.65. The number of amides is 1. The molecular formula is C19H23N3O6. The molecule has 2 rings (SSSR count). The van der Waals surface area contributed by atoms with Gasteiger partial charge >= 0.3 is 5.97 Å². The predicted molar refractivity (Wildman–Crippen MR) is 101 cm³/mol. The molecule has 1 aliphatic rings. The van der Waals surface area contributed by atoms with E-state index in [0.29, 0.717) is 17.0 Å². The molecule has 0 aromatic heterocycles. The second-order valence-electron chi connectivity index (χ2n) is 6.58. The maximum atomic E-state index is 12.8. The summed E-state index contributed by atoms with van der Waals surface area (Å²) >= 11 is 0. The Morgan fingerprint density at radius 1 is 1.21 bits per heavy atom. The van der Waals surface area contributed by atoms with Gasteiger partial charge in [0.05, 0.1) is 35.2 Å². The SMILES string of the molecule is COC(=O)C1=C(C)NC(C)=C(C(=O)NOC(C)C)C1c1cccc([N+](=O)[O-])c1. The van der Waals surface area contributed by atoms with Crippen LogP contribution in [-0.2, 0) is 19.2 Å². The molecule has 0 fully saturated rings. The average molecular weight is 389 g/mol. The third kappa shape index (κ3) is 4.37. The number of hydroxylamine groups is 1. The van der Waals surface area contributed by atoms with Crippen molar-refractivity contribution >= 4 is 17.6 Å². The molecule has 0 aliphatic carbocycles. The van der Waals surface area contributed by atoms with E-state index in [1.165, 1.54) is 25.3 Å². The van der Waals surface area contributed by atoms with E-state index in [1.54, 1.807) is 33.8 Å². The summed E-state index contributed by atoms with van der Waals surface area (Å²) in [5, 5.41) is 14.2. The van der Waals surface area contributed by atoms with Crippen molar-refractivity contribution in [2.24, 2.45) is 0 Å². The van der Waals surface area contributed by atoms with Crippen LogP contribution in [0.2, 0.25) is 0 Å². The highest BCUT2D eigenvalue weighted by molar-refractivity contribution is 6.01. The lowest BCUT2D eigenvalue weighted by Gasteiger charge is -2.30. The van der Waals surface area contributed by atoms with Crippen LogP contribution in [0.1, 0.15) is 39.2 Å². The molecule has 1 heterocycles. The van der Waals surface area contributed by atoms with Crippen LogP contribution in [0.15, 0.2) is 46.8 Å². The van der Waals surface area contributed by atoms with Crippen molar-refractivity contribution in [1.29, 1.82) is 0 Å². The summed E-state index contributed by atoms with van der Waals surface area (Å²) in [6.07, 6.45) is -0.255. The van der Waals surface area contributed by atoms with Crippen LogP contribution in [0.5, 0.6) is 0 Å². The molecule has 150 valence electrons. The van der Waals surface area contributed by atoms with Gasteiger partial charge in [-0.1, -0.05) is 12.1 Å². The van der Waals surface area contributed by atoms with Crippen molar-refractivity contribution in [3.8, 4) is 0 Å². The zero-order valence-corrected chi connectivity index (χ0v) is 16.4. The predicted octanol–water partition coefficient (Wildman–Crippen LogP) is 2.46. The molecule has 9 nitrogen and oxygen atoms in total. The van der Waals surface area contributed by atoms with Crippen LogP contribution < -0.4 is 10.8 Å². The van der Waals surface area contributed by atoms with E-state index in [4.69, 9.17) is 9.57 Å². The number of allylic oxidation sites excluding steroid dienone is 2. The Bertz CT molecular complexity index is 872. The first-order valence-electron chi connectivity index (χ1n) is 8.64. The third-order valence-corrected chi connectivity index (χ3v) is 4.21. The molecule has 1 unspecified atom stereocenters. The summed E-state index contributed by atoms with van der Waals surface area (Å²) in [5.74, 6) is -2.04. The molecule has 0 saturated carbocycles. The first-order valence-corrected chi connectivity index (χ1v) is 8.64. The Labute approximate surface area is 162 Å². The molecule has 1 atom stereocenters. The number of carbonyl (C=O) groups excluding carboxylic acids is 2. The Kier molecular flexibility index (Phi) is 6.53. The number of nitro groups is 1. The minimum Gasteiger partial charge on any atom is -0.466 e. The quantitative estimate of drug-likeness (QED) is 0.436. The number of ether oxygens (including phenoxy) is 1. The number of esters is 1. The van der Waals surface area contributed by atoms with Gasteiger partial charge in [0.15, 0.2) is 0 Å². The summed E-state index contributed by atoms with van der Waals surface area (Å²) in [6, 6.07) is 5.82. The summed E-state index contributed by atoms with van der Waals surface area (Å²) in [7, 11) is 1.24. The molecule has 0 saturated heterocycles. The summed E-state index contributed by atoms with van der Waals surface area (Å²) < 4.78 is 4.89. The van der Waals surface area contributed by atoms with E-state index in [0.717, 1.165) is 0 Å². The second-order valence-corrected chi connectivity index (χ2v) is 6.58. The van der Waals surface area contributed by atoms with E-state index < -0.39 is 22.7 Å². The fraction of sp³-hybridized carbons (Fsp3) is 0.368. The summed E-state index contributed by atoms with van der Waals surface area (Å²) in [4.78, 5) is 41.2. The Morgan fingerprint density at radius 3 is 2.43 bits per heavy atom. The van der Waals surface area contributed by atoms with Gasteiger partial charge in [-0.25, -0.2) is 10.3 Å². The highest BCUT2D eigenvalue weighted by Crippen LogP contribution is 2.39. The van der Waals surface area contributed by atoms with E-state index in [-0.39, 0.29) is 22.9 Å². The Morgan fingerprint density at radius 2 is 1.86 bits per heavy atom. The lowest BCUT2D eigenvalue weighted by molar-refractivity contribution is -0.384. The molecule has 1 aromatic rings. The number of nitrogens with zero attached hydrogens (tertiary/aromatic N) is 1. The van der Waals surface area contributed by atoms with Gasteiger partial charge in [-0.2, -0.15) is 0 Å². The van der Waals surface area contributed by atoms with Crippen LogP contribution in [0.25, 0.3) is 0 Å². The van der Waals surface area contributed by atoms with Crippen LogP contribution in [0, 0.1) is 10.1 Å². The molecule has 0 radical (unpaired) electrons. The second kappa shape index (κ2) is 8.66. The molecule has 0 bridgehead atoms. The van der Waals surface area contributed by atoms with Crippen molar-refractivity contribution < 1.29 is 24.1 Å². The standard InChI is InChI=1S/C19H23N3O6/c1-10(2)28-21-18(23)15-11(3)20-12(4)16(19(24)27-5)17(15)13-7-6-8-14(9-13)22(25)26/h6-10,17,20H,1-5H3,(H,21,23). The normalized spacial score (nSPS) is 16.7. The molecule has 2 N–H and O–H groups in total. The van der Waals surface area contributed by atoms with Crippen molar-refractivity contribution in [2.45, 2.75) is 39.7 Å². The number of carbonyl (C=O) groups is 2. The van der Waals surface area contributed by atoms with E-state index >= 15 is 0 Å². The van der Waals surface area contributed by atoms with E-state index in [2.05, 4.69) is 10.8 Å². The minimum absolute atomic E-state index is 0.145. The van der Waals surface area contributed by atoms with Gasteiger partial charge in [-0.05, 0) is 33.3 Å². The summed E-state index contributed by atoms with van der Waals surface area (Å²) in [5.41, 5.74) is 4.06. The van der Waals surface area contributed by atoms with E-state index in [9.17, 15) is 19.7 Å². The largest absolute Gasteiger partial charge is 0.466 e. The topological polar surface area (TPSA) is 120 Å². The first kappa shape index (κ1) is 21.1. The first-order chi connectivity index (χ1) is 13.2. The number of dihydropyridines is 1. The smallest absolute Gasteiger partial charge is 0.336 e. The lowest BCUT2D eigenvalue weighted by atomic mass is 9.80. The van der Waals surface area contributed by atoms with Gasteiger partial charge in [0.25, 0.3) is 11.6 Å². The van der Waals surface area contributed by atoms with Gasteiger partial charge in [-0.15, -0.1) is 0 Å². The highest BCUT2D eigenvalue weighted by atomic mass is 16.7. The number of rotatable bonds is 6. The monoisotopic (exact) mass is 389 g/mol. The molecule has 9 heteroatoms. The molecule has 1 aliphatic heterocycles. The van der Waals surface area contributed by atoms with Gasteiger partial charge < -0.3 is 10.1 Å². The van der Waals surface area contributed by atoms with E-state index in [1.807, 2.05) is 0 Å². The highest BCUT2D eigenvalue weighted by Gasteiger charge is 2.37. The van der Waals surface area contributed by atoms with Crippen LogP contribution in [0.4, 0.5) is 5.69 Å². The van der Waals surface area contributed by atoms with Crippen LogP contribution in [0.3, 0.4) is 0 Å². The Balaban J connectivity index is 2.63. The molecular weight excluding hydrogens is 366 g/mol. The van der Waals surface area contributed by atoms with Gasteiger partial charge in [0.2, 0.25) is 0 Å². The van der Waals surface area contributed by atoms with Gasteiger partial charge in [0.1, 0.15) is 0 Å². The lowest BCUT2D eigenvalue weighted by Crippen LogP contribution is -2.37. The fourth-order valence-electron chi connectivity index (χ4n) is 3.05. The molecule has 0 spiro atoms. The van der Waals surface area contributed by atoms with Crippen molar-refractivity contribution in [3.05, 3.63) is 62.5 Å². The third-order valence-electron chi connectivity index (χ3n) is 4.21.